The van der Waals surface area contributed by atoms with Gasteiger partial charge >= 0.3 is 0 Å². The SMILES string of the molecule is c1ccc(-c2ccc3c(c2)C(c2ccccc2)(c2ccccc2)c2cccc(-c4nc(-c5ccccc5-c5ccccc5)cc(-c5cccc6c5sc5ccccc56)n4)c2-3)cc1. The lowest BCUT2D eigenvalue weighted by atomic mass is 9.67. The van der Waals surface area contributed by atoms with Crippen LogP contribution < -0.4 is 0 Å². The van der Waals surface area contributed by atoms with Crippen molar-refractivity contribution in [2.75, 3.05) is 0 Å². The summed E-state index contributed by atoms with van der Waals surface area (Å²) in [6, 6.07) is 83.4. The molecule has 2 heterocycles. The molecule has 0 aliphatic heterocycles. The fraction of sp³-hybridized carbons (Fsp3) is 0.0169. The van der Waals surface area contributed by atoms with Crippen molar-refractivity contribution in [3.8, 4) is 67.3 Å². The van der Waals surface area contributed by atoms with E-state index in [1.165, 1.54) is 59.1 Å². The summed E-state index contributed by atoms with van der Waals surface area (Å²) in [4.78, 5) is 11.2. The number of fused-ring (bicyclic) bond motifs is 6. The molecule has 0 saturated heterocycles. The topological polar surface area (TPSA) is 25.8 Å². The highest BCUT2D eigenvalue weighted by Gasteiger charge is 2.47. The van der Waals surface area contributed by atoms with Crippen molar-refractivity contribution in [3.05, 3.63) is 253 Å². The Bertz CT molecular complexity index is 3410. The highest BCUT2D eigenvalue weighted by atomic mass is 32.1. The van der Waals surface area contributed by atoms with E-state index >= 15 is 0 Å². The van der Waals surface area contributed by atoms with E-state index in [0.29, 0.717) is 5.82 Å². The molecule has 290 valence electrons. The highest BCUT2D eigenvalue weighted by molar-refractivity contribution is 7.26. The Kier molecular flexibility index (Phi) is 8.62. The van der Waals surface area contributed by atoms with Crippen molar-refractivity contribution in [3.63, 3.8) is 0 Å². The van der Waals surface area contributed by atoms with Gasteiger partial charge in [-0.15, -0.1) is 11.3 Å². The Balaban J connectivity index is 1.17. The second-order valence-corrected chi connectivity index (χ2v) is 17.0. The van der Waals surface area contributed by atoms with E-state index in [2.05, 4.69) is 231 Å². The number of hydrogen-bond donors (Lipinski definition) is 0. The van der Waals surface area contributed by atoms with Gasteiger partial charge in [-0.2, -0.15) is 0 Å². The molecule has 12 rings (SSSR count). The lowest BCUT2D eigenvalue weighted by molar-refractivity contribution is 0.769. The summed E-state index contributed by atoms with van der Waals surface area (Å²) in [7, 11) is 0. The van der Waals surface area contributed by atoms with Crippen LogP contribution in [0.25, 0.3) is 87.5 Å². The van der Waals surface area contributed by atoms with Crippen LogP contribution in [0.5, 0.6) is 0 Å². The lowest BCUT2D eigenvalue weighted by Crippen LogP contribution is -2.28. The van der Waals surface area contributed by atoms with Gasteiger partial charge in [0.2, 0.25) is 0 Å². The van der Waals surface area contributed by atoms with Gasteiger partial charge in [0.05, 0.1) is 16.8 Å². The first-order valence-electron chi connectivity index (χ1n) is 21.2. The summed E-state index contributed by atoms with van der Waals surface area (Å²) in [5.74, 6) is 0.699. The van der Waals surface area contributed by atoms with Crippen LogP contribution in [0.3, 0.4) is 0 Å². The van der Waals surface area contributed by atoms with Crippen LogP contribution in [0.2, 0.25) is 0 Å². The molecule has 2 nitrogen and oxygen atoms in total. The van der Waals surface area contributed by atoms with Crippen LogP contribution in [-0.4, -0.2) is 9.97 Å². The summed E-state index contributed by atoms with van der Waals surface area (Å²) >= 11 is 1.83. The van der Waals surface area contributed by atoms with Crippen molar-refractivity contribution < 1.29 is 0 Å². The third-order valence-electron chi connectivity index (χ3n) is 12.6. The third kappa shape index (κ3) is 5.70. The molecule has 0 saturated carbocycles. The standard InChI is InChI=1S/C59H38N2S/c1-5-19-39(20-6-1)41-35-36-48-52(37-41)59(42-23-9-3-10-24-42,43-25-11-4-12-26-43)51-33-18-32-50(56(48)51)58-60-53(45-28-14-13-27-44(45)40-21-7-2-8-22-40)38-54(61-58)49-31-17-30-47-46-29-15-16-34-55(46)62-57(47)49/h1-38H. The van der Waals surface area contributed by atoms with E-state index in [9.17, 15) is 0 Å². The largest absolute Gasteiger partial charge is 0.228 e. The van der Waals surface area contributed by atoms with Crippen molar-refractivity contribution in [2.24, 2.45) is 0 Å². The Hall–Kier alpha value is -7.72. The Morgan fingerprint density at radius 1 is 0.339 bits per heavy atom. The predicted octanol–water partition coefficient (Wildman–Crippen LogP) is 15.5. The van der Waals surface area contributed by atoms with Gasteiger partial charge in [-0.25, -0.2) is 9.97 Å². The maximum Gasteiger partial charge on any atom is 0.161 e. The molecule has 0 radical (unpaired) electrons. The molecule has 9 aromatic carbocycles. The molecule has 62 heavy (non-hydrogen) atoms. The van der Waals surface area contributed by atoms with E-state index < -0.39 is 5.41 Å². The molecule has 0 unspecified atom stereocenters. The molecular weight excluding hydrogens is 769 g/mol. The van der Waals surface area contributed by atoms with Gasteiger partial charge in [0.25, 0.3) is 0 Å². The molecular formula is C59H38N2S. The molecule has 3 heteroatoms. The maximum absolute atomic E-state index is 5.63. The third-order valence-corrected chi connectivity index (χ3v) is 13.8. The number of rotatable bonds is 7. The average Bonchev–Trinajstić information content (AvgIpc) is 3.89. The van der Waals surface area contributed by atoms with Gasteiger partial charge in [-0.3, -0.25) is 0 Å². The van der Waals surface area contributed by atoms with E-state index in [4.69, 9.17) is 9.97 Å². The van der Waals surface area contributed by atoms with E-state index in [1.54, 1.807) is 0 Å². The molecule has 0 N–H and O–H groups in total. The van der Waals surface area contributed by atoms with Crippen molar-refractivity contribution >= 4 is 31.5 Å². The fourth-order valence-electron chi connectivity index (χ4n) is 9.90. The number of aromatic nitrogens is 2. The number of nitrogens with zero attached hydrogens (tertiary/aromatic N) is 2. The number of benzene rings is 9. The molecule has 0 amide bonds. The Morgan fingerprint density at radius 3 is 1.61 bits per heavy atom. The maximum atomic E-state index is 5.63. The van der Waals surface area contributed by atoms with Crippen molar-refractivity contribution in [2.45, 2.75) is 5.41 Å². The summed E-state index contributed by atoms with van der Waals surface area (Å²) in [6.45, 7) is 0. The van der Waals surface area contributed by atoms with Gasteiger partial charge in [-0.1, -0.05) is 212 Å². The van der Waals surface area contributed by atoms with Crippen LogP contribution in [0, 0.1) is 0 Å². The Morgan fingerprint density at radius 2 is 0.887 bits per heavy atom. The zero-order chi connectivity index (χ0) is 41.0. The first-order chi connectivity index (χ1) is 30.8. The van der Waals surface area contributed by atoms with Crippen LogP contribution in [-0.2, 0) is 5.41 Å². The monoisotopic (exact) mass is 806 g/mol. The van der Waals surface area contributed by atoms with Crippen LogP contribution in [0.4, 0.5) is 0 Å². The van der Waals surface area contributed by atoms with Gasteiger partial charge in [0.1, 0.15) is 0 Å². The summed E-state index contributed by atoms with van der Waals surface area (Å²) in [6.07, 6.45) is 0. The predicted molar refractivity (Wildman–Crippen MR) is 259 cm³/mol. The van der Waals surface area contributed by atoms with Crippen LogP contribution in [0.15, 0.2) is 231 Å². The molecule has 0 bridgehead atoms. The van der Waals surface area contributed by atoms with Crippen molar-refractivity contribution in [1.29, 1.82) is 0 Å². The molecule has 1 aliphatic rings. The van der Waals surface area contributed by atoms with Gasteiger partial charge in [0, 0.05) is 36.9 Å². The molecule has 0 atom stereocenters. The minimum absolute atomic E-state index is 0.600. The zero-order valence-corrected chi connectivity index (χ0v) is 34.6. The zero-order valence-electron chi connectivity index (χ0n) is 33.7. The average molecular weight is 807 g/mol. The molecule has 0 fully saturated rings. The summed E-state index contributed by atoms with van der Waals surface area (Å²) in [5, 5.41) is 2.51. The summed E-state index contributed by atoms with van der Waals surface area (Å²) in [5.41, 5.74) is 16.3. The van der Waals surface area contributed by atoms with Crippen molar-refractivity contribution in [1.82, 2.24) is 9.97 Å². The number of hydrogen-bond acceptors (Lipinski definition) is 3. The van der Waals surface area contributed by atoms with Gasteiger partial charge in [0.15, 0.2) is 5.82 Å². The van der Waals surface area contributed by atoms with Crippen LogP contribution in [0.1, 0.15) is 22.3 Å². The minimum Gasteiger partial charge on any atom is -0.228 e. The van der Waals surface area contributed by atoms with E-state index in [1.807, 2.05) is 11.3 Å². The molecule has 2 aromatic heterocycles. The normalized spacial score (nSPS) is 12.6. The fourth-order valence-corrected chi connectivity index (χ4v) is 11.1. The van der Waals surface area contributed by atoms with Gasteiger partial charge < -0.3 is 0 Å². The number of thiophene rings is 1. The van der Waals surface area contributed by atoms with E-state index in [-0.39, 0.29) is 0 Å². The second kappa shape index (κ2) is 14.8. The second-order valence-electron chi connectivity index (χ2n) is 16.0. The lowest BCUT2D eigenvalue weighted by Gasteiger charge is -2.34. The minimum atomic E-state index is -0.600. The molecule has 1 aliphatic carbocycles. The Labute approximate surface area is 365 Å². The summed E-state index contributed by atoms with van der Waals surface area (Å²) < 4.78 is 2.49. The van der Waals surface area contributed by atoms with Gasteiger partial charge in [-0.05, 0) is 73.8 Å². The smallest absolute Gasteiger partial charge is 0.161 e. The quantitative estimate of drug-likeness (QED) is 0.160. The van der Waals surface area contributed by atoms with Crippen LogP contribution >= 0.6 is 11.3 Å². The highest BCUT2D eigenvalue weighted by Crippen LogP contribution is 2.59. The first kappa shape index (κ1) is 36.2. The van der Waals surface area contributed by atoms with E-state index in [0.717, 1.165) is 44.8 Å². The molecule has 11 aromatic rings. The molecule has 0 spiro atoms. The first-order valence-corrected chi connectivity index (χ1v) is 22.0.